The molecule has 35 heavy (non-hydrogen) atoms. The summed E-state index contributed by atoms with van der Waals surface area (Å²) in [5.74, 6) is -0.542. The van der Waals surface area contributed by atoms with Crippen LogP contribution in [0.25, 0.3) is 10.2 Å². The van der Waals surface area contributed by atoms with Gasteiger partial charge in [-0.1, -0.05) is 29.0 Å². The number of carbonyl (C=O) groups is 1. The van der Waals surface area contributed by atoms with E-state index in [1.165, 1.54) is 35.5 Å². The van der Waals surface area contributed by atoms with E-state index in [1.807, 2.05) is 6.07 Å². The van der Waals surface area contributed by atoms with Crippen LogP contribution in [0.1, 0.15) is 18.5 Å². The summed E-state index contributed by atoms with van der Waals surface area (Å²) < 4.78 is 44.4. The number of nitrogens with zero attached hydrogens (tertiary/aromatic N) is 3. The molecule has 11 heteroatoms. The van der Waals surface area contributed by atoms with Crippen molar-refractivity contribution in [3.63, 3.8) is 0 Å². The first kappa shape index (κ1) is 25.0. The van der Waals surface area contributed by atoms with Gasteiger partial charge in [-0.05, 0) is 55.0 Å². The van der Waals surface area contributed by atoms with Crippen LogP contribution in [-0.2, 0) is 21.2 Å². The lowest BCUT2D eigenvalue weighted by atomic mass is 10.2. The number of methoxy groups -OCH3 is 1. The summed E-state index contributed by atoms with van der Waals surface area (Å²) in [4.78, 5) is 23.7. The highest BCUT2D eigenvalue weighted by Crippen LogP contribution is 2.39. The number of hydrogen-bond donors (Lipinski definition) is 0. The van der Waals surface area contributed by atoms with E-state index in [9.17, 15) is 17.6 Å². The average Bonchev–Trinajstić information content (AvgIpc) is 3.30. The molecule has 2 aromatic carbocycles. The third kappa shape index (κ3) is 5.77. The lowest BCUT2D eigenvalue weighted by Crippen LogP contribution is -2.30. The summed E-state index contributed by atoms with van der Waals surface area (Å²) in [6, 6.07) is 13.4. The van der Waals surface area contributed by atoms with Gasteiger partial charge in [0.05, 0.1) is 39.7 Å². The average molecular weight is 534 g/mol. The van der Waals surface area contributed by atoms with Gasteiger partial charge in [0.25, 0.3) is 0 Å². The summed E-state index contributed by atoms with van der Waals surface area (Å²) in [5, 5.41) is 0.892. The summed E-state index contributed by atoms with van der Waals surface area (Å²) in [6.45, 7) is 0.157. The topological polar surface area (TPSA) is 89.5 Å². The third-order valence-electron chi connectivity index (χ3n) is 5.22. The number of sulfone groups is 1. The molecule has 0 unspecified atom stereocenters. The molecule has 0 spiro atoms. The Hall–Kier alpha value is -3.08. The van der Waals surface area contributed by atoms with Crippen LogP contribution in [0.15, 0.2) is 65.7 Å². The minimum absolute atomic E-state index is 0.0181. The minimum Gasteiger partial charge on any atom is -0.494 e. The number of hydrogen-bond acceptors (Lipinski definition) is 7. The highest BCUT2D eigenvalue weighted by molar-refractivity contribution is 7.91. The second-order valence-electron chi connectivity index (χ2n) is 7.60. The molecule has 182 valence electrons. The summed E-state index contributed by atoms with van der Waals surface area (Å²) in [7, 11) is -2.13. The number of anilines is 1. The van der Waals surface area contributed by atoms with E-state index in [-0.39, 0.29) is 35.9 Å². The van der Waals surface area contributed by atoms with Crippen LogP contribution in [0.4, 0.5) is 9.52 Å². The molecule has 7 nitrogen and oxygen atoms in total. The van der Waals surface area contributed by atoms with Gasteiger partial charge in [0.2, 0.25) is 5.91 Å². The second kappa shape index (κ2) is 10.7. The molecule has 0 aliphatic carbocycles. The fourth-order valence-electron chi connectivity index (χ4n) is 3.45. The van der Waals surface area contributed by atoms with Crippen LogP contribution in [0.5, 0.6) is 5.75 Å². The van der Waals surface area contributed by atoms with Crippen molar-refractivity contribution in [2.75, 3.05) is 17.8 Å². The number of benzene rings is 2. The lowest BCUT2D eigenvalue weighted by Gasteiger charge is -2.19. The van der Waals surface area contributed by atoms with E-state index in [2.05, 4.69) is 9.97 Å². The van der Waals surface area contributed by atoms with Gasteiger partial charge in [0, 0.05) is 12.6 Å². The number of amides is 1. The van der Waals surface area contributed by atoms with Gasteiger partial charge in [0.1, 0.15) is 17.1 Å². The Kier molecular flexibility index (Phi) is 7.63. The fourth-order valence-corrected chi connectivity index (χ4v) is 6.03. The van der Waals surface area contributed by atoms with Gasteiger partial charge < -0.3 is 4.74 Å². The summed E-state index contributed by atoms with van der Waals surface area (Å²) in [5.41, 5.74) is 1.19. The highest BCUT2D eigenvalue weighted by Gasteiger charge is 2.24. The maximum atomic E-state index is 13.3. The van der Waals surface area contributed by atoms with E-state index in [4.69, 9.17) is 16.3 Å². The number of carbonyl (C=O) groups excluding carboxylic acids is 1. The van der Waals surface area contributed by atoms with E-state index < -0.39 is 15.7 Å². The normalized spacial score (nSPS) is 11.5. The van der Waals surface area contributed by atoms with Crippen molar-refractivity contribution < 1.29 is 22.3 Å². The number of thiazole rings is 1. The molecule has 2 heterocycles. The SMILES string of the molecule is COc1ccc(Cl)c2sc(N(Cc3ccccn3)C(=O)CCCS(=O)(=O)c3ccc(F)cc3)nc12. The van der Waals surface area contributed by atoms with Gasteiger partial charge >= 0.3 is 0 Å². The number of halogens is 2. The van der Waals surface area contributed by atoms with Crippen molar-refractivity contribution in [1.82, 2.24) is 9.97 Å². The molecule has 0 N–H and O–H groups in total. The standard InChI is InChI=1S/C24H21ClFN3O4S2/c1-33-20-12-11-19(25)23-22(20)28-24(34-23)29(15-17-5-2-3-13-27-17)21(30)6-4-14-35(31,32)18-9-7-16(26)8-10-18/h2-3,5,7-13H,4,6,14-15H2,1H3. The van der Waals surface area contributed by atoms with Crippen molar-refractivity contribution in [3.05, 3.63) is 77.3 Å². The number of fused-ring (bicyclic) bond motifs is 1. The maximum Gasteiger partial charge on any atom is 0.229 e. The van der Waals surface area contributed by atoms with E-state index in [0.29, 0.717) is 31.8 Å². The molecule has 0 radical (unpaired) electrons. The van der Waals surface area contributed by atoms with Crippen molar-refractivity contribution in [1.29, 1.82) is 0 Å². The molecule has 0 atom stereocenters. The molecule has 4 rings (SSSR count). The molecule has 2 aromatic heterocycles. The molecule has 0 bridgehead atoms. The Morgan fingerprint density at radius 2 is 1.91 bits per heavy atom. The molecular formula is C24H21ClFN3O4S2. The first-order valence-corrected chi connectivity index (χ1v) is 13.4. The Morgan fingerprint density at radius 3 is 2.60 bits per heavy atom. The van der Waals surface area contributed by atoms with Gasteiger partial charge in [-0.15, -0.1) is 0 Å². The molecule has 4 aromatic rings. The van der Waals surface area contributed by atoms with Gasteiger partial charge in [0.15, 0.2) is 15.0 Å². The minimum atomic E-state index is -3.65. The predicted molar refractivity (Wildman–Crippen MR) is 134 cm³/mol. The van der Waals surface area contributed by atoms with Crippen LogP contribution >= 0.6 is 22.9 Å². The van der Waals surface area contributed by atoms with Crippen molar-refractivity contribution >= 4 is 54.0 Å². The number of rotatable bonds is 9. The first-order valence-electron chi connectivity index (χ1n) is 10.6. The largest absolute Gasteiger partial charge is 0.494 e. The zero-order chi connectivity index (χ0) is 25.0. The van der Waals surface area contributed by atoms with Crippen molar-refractivity contribution in [2.45, 2.75) is 24.3 Å². The molecule has 0 aliphatic heterocycles. The van der Waals surface area contributed by atoms with E-state index in [1.54, 1.807) is 30.5 Å². The molecule has 0 saturated carbocycles. The number of ether oxygens (including phenoxy) is 1. The Labute approximate surface area is 211 Å². The Balaban J connectivity index is 1.57. The van der Waals surface area contributed by atoms with Crippen LogP contribution in [0.2, 0.25) is 5.02 Å². The number of aromatic nitrogens is 2. The van der Waals surface area contributed by atoms with Crippen molar-refractivity contribution in [2.24, 2.45) is 0 Å². The zero-order valence-corrected chi connectivity index (χ0v) is 21.0. The number of pyridine rings is 1. The van der Waals surface area contributed by atoms with E-state index >= 15 is 0 Å². The van der Waals surface area contributed by atoms with Gasteiger partial charge in [-0.3, -0.25) is 14.7 Å². The summed E-state index contributed by atoms with van der Waals surface area (Å²) >= 11 is 7.60. The highest BCUT2D eigenvalue weighted by atomic mass is 35.5. The maximum absolute atomic E-state index is 13.3. The monoisotopic (exact) mass is 533 g/mol. The summed E-state index contributed by atoms with van der Waals surface area (Å²) in [6.07, 6.45) is 1.69. The van der Waals surface area contributed by atoms with Crippen LogP contribution in [0.3, 0.4) is 0 Å². The molecule has 0 fully saturated rings. The zero-order valence-electron chi connectivity index (χ0n) is 18.6. The van der Waals surface area contributed by atoms with Crippen molar-refractivity contribution in [3.8, 4) is 5.75 Å². The molecule has 0 aliphatic rings. The fraction of sp³-hybridized carbons (Fsp3) is 0.208. The Morgan fingerprint density at radius 1 is 1.14 bits per heavy atom. The first-order chi connectivity index (χ1) is 16.8. The van der Waals surface area contributed by atoms with Gasteiger partial charge in [-0.25, -0.2) is 17.8 Å². The molecular weight excluding hydrogens is 513 g/mol. The second-order valence-corrected chi connectivity index (χ2v) is 11.1. The lowest BCUT2D eigenvalue weighted by molar-refractivity contribution is -0.118. The Bertz CT molecular complexity index is 1450. The quantitative estimate of drug-likeness (QED) is 0.272. The van der Waals surface area contributed by atoms with E-state index in [0.717, 1.165) is 12.1 Å². The van der Waals surface area contributed by atoms with Gasteiger partial charge in [-0.2, -0.15) is 0 Å². The van der Waals surface area contributed by atoms with Crippen LogP contribution in [0, 0.1) is 5.82 Å². The van der Waals surface area contributed by atoms with Crippen LogP contribution in [-0.4, -0.2) is 37.2 Å². The molecule has 1 amide bonds. The van der Waals surface area contributed by atoms with Crippen LogP contribution < -0.4 is 9.64 Å². The molecule has 0 saturated heterocycles. The predicted octanol–water partition coefficient (Wildman–Crippen LogP) is 5.28. The smallest absolute Gasteiger partial charge is 0.229 e. The third-order valence-corrected chi connectivity index (χ3v) is 8.58.